The Morgan fingerprint density at radius 2 is 1.77 bits per heavy atom. The predicted octanol–water partition coefficient (Wildman–Crippen LogP) is 1.35. The number of hydrogen-bond donors (Lipinski definition) is 1. The van der Waals surface area contributed by atoms with Crippen molar-refractivity contribution >= 4 is 16.9 Å². The molecule has 3 heterocycles. The van der Waals surface area contributed by atoms with Crippen LogP contribution in [0.5, 0.6) is 0 Å². The molecule has 1 aromatic carbocycles. The second-order valence-electron chi connectivity index (χ2n) is 6.81. The lowest BCUT2D eigenvalue weighted by molar-refractivity contribution is -0.122. The van der Waals surface area contributed by atoms with E-state index >= 15 is 0 Å². The highest BCUT2D eigenvalue weighted by Gasteiger charge is 2.17. The molecule has 4 aromatic rings. The fourth-order valence-corrected chi connectivity index (χ4v) is 3.24. The quantitative estimate of drug-likeness (QED) is 0.508. The number of carbonyl (C=O) groups is 1. The van der Waals surface area contributed by atoms with Crippen LogP contribution in [0.3, 0.4) is 0 Å². The number of pyridine rings is 1. The molecule has 0 aliphatic carbocycles. The van der Waals surface area contributed by atoms with Crippen LogP contribution in [0.2, 0.25) is 0 Å². The molecule has 0 spiro atoms. The van der Waals surface area contributed by atoms with Crippen molar-refractivity contribution in [2.45, 2.75) is 26.6 Å². The molecule has 4 rings (SSSR count). The minimum atomic E-state index is -0.600. The largest absolute Gasteiger partial charge is 0.349 e. The van der Waals surface area contributed by atoms with Crippen molar-refractivity contribution in [1.29, 1.82) is 0 Å². The van der Waals surface area contributed by atoms with E-state index in [1.54, 1.807) is 25.3 Å². The van der Waals surface area contributed by atoms with Gasteiger partial charge < -0.3 is 5.32 Å². The molecule has 0 saturated heterocycles. The number of rotatable bonds is 6. The summed E-state index contributed by atoms with van der Waals surface area (Å²) in [4.78, 5) is 51.2. The number of fused-ring (bicyclic) bond motifs is 1. The van der Waals surface area contributed by atoms with Gasteiger partial charge in [-0.05, 0) is 19.1 Å². The standard InChI is InChI=1S/C22H20N6O3/c1-2-27-20-17(13-25-19(26-20)15-8-4-3-5-9-15)21(30)28(22(27)31)14-18(29)24-12-16-10-6-7-11-23-16/h3-11,13H,2,12,14H2,1H3,(H,24,29). The van der Waals surface area contributed by atoms with Gasteiger partial charge in [0, 0.05) is 24.5 Å². The van der Waals surface area contributed by atoms with E-state index < -0.39 is 23.7 Å². The van der Waals surface area contributed by atoms with Crippen molar-refractivity contribution in [2.75, 3.05) is 0 Å². The molecule has 0 unspecified atom stereocenters. The Balaban J connectivity index is 1.69. The van der Waals surface area contributed by atoms with Gasteiger partial charge in [-0.1, -0.05) is 36.4 Å². The summed E-state index contributed by atoms with van der Waals surface area (Å²) in [6, 6.07) is 14.7. The number of carbonyl (C=O) groups excluding carboxylic acids is 1. The van der Waals surface area contributed by atoms with E-state index in [1.165, 1.54) is 10.8 Å². The molecule has 156 valence electrons. The summed E-state index contributed by atoms with van der Waals surface area (Å²) >= 11 is 0. The summed E-state index contributed by atoms with van der Waals surface area (Å²) in [6.07, 6.45) is 3.03. The first-order valence-corrected chi connectivity index (χ1v) is 9.81. The zero-order valence-corrected chi connectivity index (χ0v) is 16.9. The molecule has 9 heteroatoms. The first-order chi connectivity index (χ1) is 15.1. The molecule has 31 heavy (non-hydrogen) atoms. The van der Waals surface area contributed by atoms with Gasteiger partial charge in [-0.25, -0.2) is 14.8 Å². The third-order valence-corrected chi connectivity index (χ3v) is 4.80. The van der Waals surface area contributed by atoms with Crippen molar-refractivity contribution in [2.24, 2.45) is 0 Å². The Labute approximate surface area is 177 Å². The Hall–Kier alpha value is -4.14. The van der Waals surface area contributed by atoms with Gasteiger partial charge in [0.2, 0.25) is 5.91 Å². The van der Waals surface area contributed by atoms with Crippen molar-refractivity contribution in [3.05, 3.63) is 87.5 Å². The van der Waals surface area contributed by atoms with Gasteiger partial charge in [0.15, 0.2) is 11.5 Å². The Bertz CT molecular complexity index is 1350. The van der Waals surface area contributed by atoms with E-state index in [0.717, 1.165) is 10.1 Å². The van der Waals surface area contributed by atoms with Gasteiger partial charge in [-0.15, -0.1) is 0 Å². The number of amides is 1. The summed E-state index contributed by atoms with van der Waals surface area (Å²) in [7, 11) is 0. The van der Waals surface area contributed by atoms with Crippen LogP contribution in [0, 0.1) is 0 Å². The van der Waals surface area contributed by atoms with Crippen molar-refractivity contribution in [3.63, 3.8) is 0 Å². The number of aryl methyl sites for hydroxylation is 1. The lowest BCUT2D eigenvalue weighted by Gasteiger charge is -2.12. The Morgan fingerprint density at radius 1 is 1.00 bits per heavy atom. The van der Waals surface area contributed by atoms with Crippen molar-refractivity contribution < 1.29 is 4.79 Å². The molecule has 3 aromatic heterocycles. The summed E-state index contributed by atoms with van der Waals surface area (Å²) < 4.78 is 2.28. The molecule has 0 bridgehead atoms. The molecule has 0 fully saturated rings. The number of hydrogen-bond acceptors (Lipinski definition) is 6. The first kappa shape index (κ1) is 20.1. The normalized spacial score (nSPS) is 10.9. The minimum absolute atomic E-state index is 0.179. The molecule has 0 aliphatic rings. The highest BCUT2D eigenvalue weighted by atomic mass is 16.2. The van der Waals surface area contributed by atoms with Crippen molar-refractivity contribution in [3.8, 4) is 11.4 Å². The Kier molecular flexibility index (Phi) is 5.65. The van der Waals surface area contributed by atoms with Crippen LogP contribution in [0.15, 0.2) is 70.5 Å². The van der Waals surface area contributed by atoms with Crippen LogP contribution in [-0.2, 0) is 24.4 Å². The monoisotopic (exact) mass is 416 g/mol. The topological polar surface area (TPSA) is 112 Å². The predicted molar refractivity (Wildman–Crippen MR) is 115 cm³/mol. The number of aromatic nitrogens is 5. The van der Waals surface area contributed by atoms with Crippen LogP contribution in [0.4, 0.5) is 0 Å². The van der Waals surface area contributed by atoms with Crippen LogP contribution in [0.25, 0.3) is 22.4 Å². The van der Waals surface area contributed by atoms with E-state index in [2.05, 4.69) is 20.3 Å². The van der Waals surface area contributed by atoms with E-state index in [9.17, 15) is 14.4 Å². The van der Waals surface area contributed by atoms with Gasteiger partial charge >= 0.3 is 5.69 Å². The molecule has 0 aliphatic heterocycles. The smallest absolute Gasteiger partial charge is 0.333 e. The van der Waals surface area contributed by atoms with Crippen LogP contribution < -0.4 is 16.6 Å². The molecular weight excluding hydrogens is 396 g/mol. The van der Waals surface area contributed by atoms with E-state index in [1.807, 2.05) is 36.4 Å². The van der Waals surface area contributed by atoms with Gasteiger partial charge in [0.25, 0.3) is 5.56 Å². The molecule has 1 amide bonds. The third kappa shape index (κ3) is 4.11. The summed E-state index contributed by atoms with van der Waals surface area (Å²) in [5.74, 6) is -0.0476. The summed E-state index contributed by atoms with van der Waals surface area (Å²) in [5, 5.41) is 2.86. The lowest BCUT2D eigenvalue weighted by atomic mass is 10.2. The molecule has 0 atom stereocenters. The first-order valence-electron chi connectivity index (χ1n) is 9.81. The average molecular weight is 416 g/mol. The second kappa shape index (κ2) is 8.70. The maximum atomic E-state index is 13.0. The van der Waals surface area contributed by atoms with Gasteiger partial charge in [0.05, 0.1) is 12.2 Å². The van der Waals surface area contributed by atoms with Crippen molar-refractivity contribution in [1.82, 2.24) is 29.4 Å². The fourth-order valence-electron chi connectivity index (χ4n) is 3.24. The van der Waals surface area contributed by atoms with Gasteiger partial charge in [-0.3, -0.25) is 23.7 Å². The number of nitrogens with one attached hydrogen (secondary N) is 1. The highest BCUT2D eigenvalue weighted by Crippen LogP contribution is 2.15. The SMILES string of the molecule is CCn1c(=O)n(CC(=O)NCc2ccccn2)c(=O)c2cnc(-c3ccccc3)nc21. The average Bonchev–Trinajstić information content (AvgIpc) is 2.82. The Morgan fingerprint density at radius 3 is 2.48 bits per heavy atom. The molecule has 1 N–H and O–H groups in total. The maximum Gasteiger partial charge on any atom is 0.333 e. The van der Waals surface area contributed by atoms with Gasteiger partial charge in [0.1, 0.15) is 11.9 Å². The maximum absolute atomic E-state index is 13.0. The zero-order valence-electron chi connectivity index (χ0n) is 16.9. The molecule has 0 saturated carbocycles. The highest BCUT2D eigenvalue weighted by molar-refractivity contribution is 5.78. The van der Waals surface area contributed by atoms with E-state index in [0.29, 0.717) is 11.5 Å². The minimum Gasteiger partial charge on any atom is -0.349 e. The second-order valence-corrected chi connectivity index (χ2v) is 6.81. The fraction of sp³-hybridized carbons (Fsp3) is 0.182. The molecule has 9 nitrogen and oxygen atoms in total. The van der Waals surface area contributed by atoms with E-state index in [4.69, 9.17) is 0 Å². The van der Waals surface area contributed by atoms with E-state index in [-0.39, 0.29) is 24.1 Å². The molecule has 0 radical (unpaired) electrons. The lowest BCUT2D eigenvalue weighted by Crippen LogP contribution is -2.44. The van der Waals surface area contributed by atoms with Crippen LogP contribution in [0.1, 0.15) is 12.6 Å². The summed E-state index contributed by atoms with van der Waals surface area (Å²) in [6.45, 7) is 1.87. The third-order valence-electron chi connectivity index (χ3n) is 4.80. The van der Waals surface area contributed by atoms with Gasteiger partial charge in [-0.2, -0.15) is 0 Å². The number of benzene rings is 1. The summed E-state index contributed by atoms with van der Waals surface area (Å²) in [5.41, 5.74) is 0.506. The van der Waals surface area contributed by atoms with Crippen LogP contribution in [-0.4, -0.2) is 30.0 Å². The van der Waals surface area contributed by atoms with Crippen LogP contribution >= 0.6 is 0 Å². The molecular formula is C22H20N6O3. The zero-order chi connectivity index (χ0) is 21.8. The number of nitrogens with zero attached hydrogens (tertiary/aromatic N) is 5.